The molecular formula is C52H58F2N2O7. The molecule has 1 amide bonds. The molecule has 63 heavy (non-hydrogen) atoms. The molecule has 0 saturated heterocycles. The Labute approximate surface area is 369 Å². The molecular weight excluding hydrogens is 803 g/mol. The summed E-state index contributed by atoms with van der Waals surface area (Å²) in [5, 5.41) is 24.9. The average Bonchev–Trinajstić information content (AvgIpc) is 4.16. The van der Waals surface area contributed by atoms with Gasteiger partial charge in [-0.3, -0.25) is 4.79 Å². The van der Waals surface area contributed by atoms with E-state index in [0.717, 1.165) is 60.8 Å². The first-order valence-electron chi connectivity index (χ1n) is 22.5. The molecule has 0 bridgehead atoms. The van der Waals surface area contributed by atoms with Crippen molar-refractivity contribution < 1.29 is 42.8 Å². The monoisotopic (exact) mass is 860 g/mol. The van der Waals surface area contributed by atoms with E-state index in [2.05, 4.69) is 12.7 Å². The minimum atomic E-state index is -1.44. The summed E-state index contributed by atoms with van der Waals surface area (Å²) in [4.78, 5) is 22.9. The van der Waals surface area contributed by atoms with E-state index in [1.165, 1.54) is 18.2 Å². The van der Waals surface area contributed by atoms with E-state index < -0.39 is 17.7 Å². The smallest absolute Gasteiger partial charge is 0.239 e. The van der Waals surface area contributed by atoms with Gasteiger partial charge in [0, 0.05) is 49.1 Å². The van der Waals surface area contributed by atoms with Gasteiger partial charge in [0.05, 0.1) is 18.2 Å². The van der Waals surface area contributed by atoms with Gasteiger partial charge in [-0.05, 0) is 103 Å². The van der Waals surface area contributed by atoms with Gasteiger partial charge in [0.1, 0.15) is 42.4 Å². The van der Waals surface area contributed by atoms with Crippen LogP contribution in [0.5, 0.6) is 11.5 Å². The van der Waals surface area contributed by atoms with E-state index in [-0.39, 0.29) is 87.2 Å². The summed E-state index contributed by atoms with van der Waals surface area (Å²) in [7, 11) is 0. The Morgan fingerprint density at radius 3 is 2.37 bits per heavy atom. The van der Waals surface area contributed by atoms with E-state index in [4.69, 9.17) is 24.2 Å². The van der Waals surface area contributed by atoms with Gasteiger partial charge in [-0.1, -0.05) is 90.8 Å². The first-order valence-corrected chi connectivity index (χ1v) is 22.5. The third-order valence-corrected chi connectivity index (χ3v) is 13.1. The van der Waals surface area contributed by atoms with Crippen LogP contribution in [0, 0.1) is 35.3 Å². The minimum Gasteiger partial charge on any atom is -0.489 e. The van der Waals surface area contributed by atoms with Gasteiger partial charge in [-0.2, -0.15) is 0 Å². The number of oxime groups is 1. The Hall–Kier alpha value is -5.36. The van der Waals surface area contributed by atoms with Crippen molar-refractivity contribution in [2.45, 2.75) is 95.3 Å². The number of rotatable bonds is 21. The maximum atomic E-state index is 14.8. The number of hydrogen-bond donors (Lipinski definition) is 2. The topological polar surface area (TPSA) is 110 Å². The van der Waals surface area contributed by atoms with Crippen LogP contribution >= 0.6 is 0 Å². The molecule has 9 nitrogen and oxygen atoms in total. The molecule has 2 fully saturated rings. The van der Waals surface area contributed by atoms with Gasteiger partial charge >= 0.3 is 0 Å². The second-order valence-electron chi connectivity index (χ2n) is 17.3. The van der Waals surface area contributed by atoms with Crippen LogP contribution in [-0.4, -0.2) is 58.4 Å². The summed E-state index contributed by atoms with van der Waals surface area (Å²) in [6.07, 6.45) is 10.2. The highest BCUT2D eigenvalue weighted by molar-refractivity contribution is 6.03. The number of benzene rings is 4. The summed E-state index contributed by atoms with van der Waals surface area (Å²) < 4.78 is 49.9. The molecule has 0 aromatic heterocycles. The lowest BCUT2D eigenvalue weighted by Gasteiger charge is -2.60. The zero-order chi connectivity index (χ0) is 43.8. The number of carbonyl (C=O) groups is 1. The van der Waals surface area contributed by atoms with Crippen molar-refractivity contribution in [2.75, 3.05) is 19.8 Å². The van der Waals surface area contributed by atoms with Crippen LogP contribution in [-0.2, 0) is 34.1 Å². The fourth-order valence-electron chi connectivity index (χ4n) is 9.97. The number of ether oxygens (including phenoxy) is 3. The number of fused-ring (bicyclic) bond motifs is 2. The Bertz CT molecular complexity index is 2250. The van der Waals surface area contributed by atoms with Gasteiger partial charge in [0.15, 0.2) is 0 Å². The number of aliphatic hydroxyl groups excluding tert-OH is 2. The third kappa shape index (κ3) is 9.91. The number of unbranched alkanes of at least 4 members (excludes halogenated alkanes) is 2. The van der Waals surface area contributed by atoms with Crippen LogP contribution < -0.4 is 9.47 Å². The lowest BCUT2D eigenvalue weighted by Crippen LogP contribution is -2.70. The summed E-state index contributed by atoms with van der Waals surface area (Å²) in [6.45, 7) is 4.77. The summed E-state index contributed by atoms with van der Waals surface area (Å²) >= 11 is 0. The van der Waals surface area contributed by atoms with Crippen molar-refractivity contribution >= 4 is 11.6 Å². The van der Waals surface area contributed by atoms with E-state index in [1.54, 1.807) is 36.4 Å². The van der Waals surface area contributed by atoms with Crippen molar-refractivity contribution in [1.29, 1.82) is 0 Å². The molecule has 0 unspecified atom stereocenters. The Morgan fingerprint density at radius 2 is 1.63 bits per heavy atom. The predicted molar refractivity (Wildman–Crippen MR) is 237 cm³/mol. The predicted octanol–water partition coefficient (Wildman–Crippen LogP) is 9.82. The highest BCUT2D eigenvalue weighted by atomic mass is 19.1. The molecule has 8 rings (SSSR count). The minimum absolute atomic E-state index is 0.00934. The first-order chi connectivity index (χ1) is 30.8. The number of hydrogen-bond acceptors (Lipinski definition) is 8. The van der Waals surface area contributed by atoms with Crippen molar-refractivity contribution in [3.05, 3.63) is 155 Å². The number of amides is 1. The van der Waals surface area contributed by atoms with Crippen LogP contribution in [0.2, 0.25) is 0 Å². The largest absolute Gasteiger partial charge is 0.489 e. The van der Waals surface area contributed by atoms with Crippen LogP contribution in [0.25, 0.3) is 0 Å². The van der Waals surface area contributed by atoms with Gasteiger partial charge < -0.3 is 34.2 Å². The Kier molecular flexibility index (Phi) is 14.4. The average molecular weight is 861 g/mol. The number of allylic oxidation sites excluding steroid dienone is 1. The molecule has 0 spiro atoms. The molecule has 2 N–H and O–H groups in total. The first kappa shape index (κ1) is 44.3. The van der Waals surface area contributed by atoms with Crippen LogP contribution in [0.15, 0.2) is 127 Å². The Morgan fingerprint density at radius 1 is 0.889 bits per heavy atom. The Balaban J connectivity index is 1.31. The maximum Gasteiger partial charge on any atom is 0.239 e. The van der Waals surface area contributed by atoms with Crippen LogP contribution in [0.3, 0.4) is 0 Å². The zero-order valence-electron chi connectivity index (χ0n) is 35.8. The van der Waals surface area contributed by atoms with Crippen LogP contribution in [0.1, 0.15) is 86.0 Å². The number of aliphatic hydroxyl groups is 2. The second kappa shape index (κ2) is 20.4. The summed E-state index contributed by atoms with van der Waals surface area (Å²) in [5.74, 6) is -1.93. The molecule has 4 aromatic rings. The number of nitrogens with zero attached hydrogens (tertiary/aromatic N) is 2. The molecule has 1 heterocycles. The standard InChI is InChI=1S/C52H58F2N2O7/c1-2-28-61-52-48(56(51(59)37-20-21-37)32-35-18-22-40(53)23-19-35)31-46(55-62-33-36-12-4-3-5-13-36)43-29-38(14-8-10-26-57)42(16-9-11-27-58)49(50(43)52)44-30-41(24-25-47(44)63-52)60-34-39-15-6-7-17-45(39)54/h2-7,12-13,15,17-19,22-25,29-30,37-38,42,48-50,57-58H,1,8-11,14,16,20-21,26-28,31-34H2/t38-,42+,48-,49+,50+,52+/m0/s1. The lowest BCUT2D eigenvalue weighted by atomic mass is 9.55. The van der Waals surface area contributed by atoms with E-state index in [1.807, 2.05) is 53.4 Å². The maximum absolute atomic E-state index is 14.8. The fourth-order valence-corrected chi connectivity index (χ4v) is 9.97. The molecule has 6 atom stereocenters. The molecule has 1 aliphatic heterocycles. The fraction of sp³-hybridized carbons (Fsp3) is 0.423. The lowest BCUT2D eigenvalue weighted by molar-refractivity contribution is -0.258. The zero-order valence-corrected chi connectivity index (χ0v) is 35.8. The van der Waals surface area contributed by atoms with Gasteiger partial charge in [0.2, 0.25) is 11.7 Å². The van der Waals surface area contributed by atoms with Crippen LogP contribution in [0.4, 0.5) is 8.78 Å². The molecule has 4 aliphatic rings. The van der Waals surface area contributed by atoms with E-state index in [9.17, 15) is 23.8 Å². The molecule has 3 aliphatic carbocycles. The summed E-state index contributed by atoms with van der Waals surface area (Å²) in [6, 6.07) is 27.6. The SMILES string of the molecule is C=CCO[C@@]12Oc3ccc(OCc4ccccc4F)cc3[C@H]3[C@H](CCCCO)[C@@H](CCCCO)C=C(C(=NOCc4ccccc4)C[C@@H]1N(Cc1ccc(F)cc1)C(=O)C1CC1)[C@H]32. The van der Waals surface area contributed by atoms with Gasteiger partial charge in [-0.25, -0.2) is 8.78 Å². The van der Waals surface area contributed by atoms with E-state index in [0.29, 0.717) is 35.6 Å². The highest BCUT2D eigenvalue weighted by Crippen LogP contribution is 2.62. The van der Waals surface area contributed by atoms with Crippen molar-refractivity contribution in [3.8, 4) is 11.5 Å². The molecule has 11 heteroatoms. The summed E-state index contributed by atoms with van der Waals surface area (Å²) in [5.41, 5.74) is 4.67. The van der Waals surface area contributed by atoms with E-state index >= 15 is 0 Å². The third-order valence-electron chi connectivity index (χ3n) is 13.1. The molecule has 2 saturated carbocycles. The second-order valence-corrected chi connectivity index (χ2v) is 17.3. The number of halogens is 2. The van der Waals surface area contributed by atoms with Crippen molar-refractivity contribution in [1.82, 2.24) is 4.90 Å². The van der Waals surface area contributed by atoms with Crippen molar-refractivity contribution in [3.63, 3.8) is 0 Å². The van der Waals surface area contributed by atoms with Crippen molar-refractivity contribution in [2.24, 2.45) is 28.8 Å². The normalized spacial score (nSPS) is 24.1. The quantitative estimate of drug-likeness (QED) is 0.0488. The molecule has 0 radical (unpaired) electrons. The number of carbonyl (C=O) groups excluding carboxylic acids is 1. The van der Waals surface area contributed by atoms with Gasteiger partial charge in [-0.15, -0.1) is 6.58 Å². The highest BCUT2D eigenvalue weighted by Gasteiger charge is 2.66. The molecule has 332 valence electrons. The van der Waals surface area contributed by atoms with Gasteiger partial charge in [0.25, 0.3) is 0 Å². The molecule has 4 aromatic carbocycles.